The molecule has 0 aromatic rings. The van der Waals surface area contributed by atoms with Gasteiger partial charge in [-0.05, 0) is 44.9 Å². The maximum Gasteiger partial charge on any atom is 0.333 e. The molecule has 0 N–H and O–H groups in total. The molecule has 0 spiro atoms. The number of ether oxygens (including phenoxy) is 1. The third-order valence-corrected chi connectivity index (χ3v) is 3.72. The van der Waals surface area contributed by atoms with Crippen LogP contribution in [0.15, 0.2) is 24.8 Å². The van der Waals surface area contributed by atoms with E-state index in [4.69, 9.17) is 4.74 Å². The van der Waals surface area contributed by atoms with Crippen LogP contribution in [0.2, 0.25) is 0 Å². The van der Waals surface area contributed by atoms with Crippen LogP contribution in [0.3, 0.4) is 0 Å². The van der Waals surface area contributed by atoms with E-state index in [1.165, 1.54) is 0 Å². The highest BCUT2D eigenvalue weighted by atomic mass is 16.6. The lowest BCUT2D eigenvalue weighted by molar-refractivity contribution is -0.163. The summed E-state index contributed by atoms with van der Waals surface area (Å²) in [6, 6.07) is 0. The Balaban J connectivity index is 2.67. The van der Waals surface area contributed by atoms with Crippen molar-refractivity contribution < 1.29 is 9.53 Å². The fourth-order valence-electron chi connectivity index (χ4n) is 2.20. The largest absolute Gasteiger partial charge is 0.456 e. The zero-order valence-electron chi connectivity index (χ0n) is 10.6. The highest BCUT2D eigenvalue weighted by Gasteiger charge is 2.39. The van der Waals surface area contributed by atoms with Crippen LogP contribution in [0, 0.1) is 11.8 Å². The van der Waals surface area contributed by atoms with Crippen LogP contribution in [-0.4, -0.2) is 11.6 Å². The molecule has 0 heterocycles. The van der Waals surface area contributed by atoms with Crippen LogP contribution < -0.4 is 0 Å². The van der Waals surface area contributed by atoms with E-state index in [0.717, 1.165) is 19.3 Å². The fourth-order valence-corrected chi connectivity index (χ4v) is 2.20. The normalized spacial score (nSPS) is 34.2. The summed E-state index contributed by atoms with van der Waals surface area (Å²) in [5.74, 6) is 0.658. The van der Waals surface area contributed by atoms with Crippen LogP contribution in [0.4, 0.5) is 0 Å². The van der Waals surface area contributed by atoms with E-state index in [9.17, 15) is 4.79 Å². The molecular weight excluding hydrogens is 200 g/mol. The van der Waals surface area contributed by atoms with Crippen LogP contribution in [0.25, 0.3) is 0 Å². The Bertz CT molecular complexity index is 306. The van der Waals surface area contributed by atoms with Gasteiger partial charge in [-0.15, -0.1) is 6.58 Å². The van der Waals surface area contributed by atoms with Crippen molar-refractivity contribution in [1.29, 1.82) is 0 Å². The molecule has 0 amide bonds. The molecule has 16 heavy (non-hydrogen) atoms. The van der Waals surface area contributed by atoms with E-state index in [0.29, 0.717) is 17.4 Å². The Labute approximate surface area is 98.4 Å². The Morgan fingerprint density at radius 3 is 2.62 bits per heavy atom. The third-order valence-electron chi connectivity index (χ3n) is 3.72. The van der Waals surface area contributed by atoms with Gasteiger partial charge >= 0.3 is 5.97 Å². The molecule has 1 rings (SSSR count). The number of allylic oxidation sites excluding steroid dienone is 1. The molecule has 0 aromatic heterocycles. The minimum absolute atomic E-state index is 0.272. The molecule has 1 fully saturated rings. The number of rotatable bonds is 3. The molecule has 1 aliphatic carbocycles. The van der Waals surface area contributed by atoms with Gasteiger partial charge in [-0.2, -0.15) is 0 Å². The zero-order valence-corrected chi connectivity index (χ0v) is 10.6. The van der Waals surface area contributed by atoms with Gasteiger partial charge in [-0.1, -0.05) is 19.6 Å². The van der Waals surface area contributed by atoms with Crippen LogP contribution in [-0.2, 0) is 9.53 Å². The van der Waals surface area contributed by atoms with Gasteiger partial charge < -0.3 is 4.74 Å². The van der Waals surface area contributed by atoms with Gasteiger partial charge in [0.15, 0.2) is 0 Å². The van der Waals surface area contributed by atoms with Gasteiger partial charge in [0.25, 0.3) is 0 Å². The standard InChI is InChI=1S/C14H22O2/c1-6-12-7-8-14(5,11(4)9-12)16-13(15)10(2)3/h6,11-12H,1-2,7-9H2,3-5H3. The fraction of sp³-hybridized carbons (Fsp3) is 0.643. The first-order chi connectivity index (χ1) is 7.39. The number of hydrogen-bond donors (Lipinski definition) is 0. The smallest absolute Gasteiger partial charge is 0.333 e. The van der Waals surface area contributed by atoms with Crippen molar-refractivity contribution in [1.82, 2.24) is 0 Å². The van der Waals surface area contributed by atoms with E-state index < -0.39 is 0 Å². The molecule has 2 heteroatoms. The number of esters is 1. The molecule has 1 saturated carbocycles. The maximum atomic E-state index is 11.6. The second-order valence-electron chi connectivity index (χ2n) is 5.15. The Morgan fingerprint density at radius 2 is 2.19 bits per heavy atom. The molecule has 0 radical (unpaired) electrons. The van der Waals surface area contributed by atoms with Crippen LogP contribution in [0.1, 0.15) is 40.0 Å². The van der Waals surface area contributed by atoms with Gasteiger partial charge in [0.1, 0.15) is 5.60 Å². The van der Waals surface area contributed by atoms with Gasteiger partial charge in [-0.3, -0.25) is 0 Å². The van der Waals surface area contributed by atoms with E-state index >= 15 is 0 Å². The topological polar surface area (TPSA) is 26.3 Å². The van der Waals surface area contributed by atoms with Crippen molar-refractivity contribution in [2.24, 2.45) is 11.8 Å². The van der Waals surface area contributed by atoms with E-state index in [2.05, 4.69) is 20.1 Å². The quantitative estimate of drug-likeness (QED) is 0.415. The summed E-state index contributed by atoms with van der Waals surface area (Å²) < 4.78 is 5.57. The molecular formula is C14H22O2. The summed E-state index contributed by atoms with van der Waals surface area (Å²) in [5.41, 5.74) is 0.134. The molecule has 90 valence electrons. The Hall–Kier alpha value is -1.05. The van der Waals surface area contributed by atoms with Gasteiger partial charge in [0.05, 0.1) is 0 Å². The van der Waals surface area contributed by atoms with Crippen LogP contribution >= 0.6 is 0 Å². The second kappa shape index (κ2) is 4.86. The summed E-state index contributed by atoms with van der Waals surface area (Å²) in [4.78, 5) is 11.6. The highest BCUT2D eigenvalue weighted by molar-refractivity contribution is 5.87. The van der Waals surface area contributed by atoms with Crippen molar-refractivity contribution in [2.45, 2.75) is 45.6 Å². The highest BCUT2D eigenvalue weighted by Crippen LogP contribution is 2.39. The van der Waals surface area contributed by atoms with Crippen LogP contribution in [0.5, 0.6) is 0 Å². The predicted octanol–water partition coefficient (Wildman–Crippen LogP) is 3.49. The molecule has 0 aliphatic heterocycles. The molecule has 0 bridgehead atoms. The lowest BCUT2D eigenvalue weighted by Gasteiger charge is -2.41. The first-order valence-corrected chi connectivity index (χ1v) is 5.90. The average molecular weight is 222 g/mol. The average Bonchev–Trinajstić information content (AvgIpc) is 2.22. The number of carbonyl (C=O) groups excluding carboxylic acids is 1. The summed E-state index contributed by atoms with van der Waals surface area (Å²) in [6.45, 7) is 13.3. The molecule has 3 atom stereocenters. The second-order valence-corrected chi connectivity index (χ2v) is 5.15. The zero-order chi connectivity index (χ0) is 12.3. The van der Waals surface area contributed by atoms with Crippen molar-refractivity contribution in [3.05, 3.63) is 24.8 Å². The number of hydrogen-bond acceptors (Lipinski definition) is 2. The monoisotopic (exact) mass is 222 g/mol. The minimum atomic E-state index is -0.338. The lowest BCUT2D eigenvalue weighted by Crippen LogP contribution is -2.42. The van der Waals surface area contributed by atoms with Crippen molar-refractivity contribution in [3.8, 4) is 0 Å². The summed E-state index contributed by atoms with van der Waals surface area (Å²) in [6.07, 6.45) is 5.01. The lowest BCUT2D eigenvalue weighted by atomic mass is 9.72. The predicted molar refractivity (Wildman–Crippen MR) is 66.0 cm³/mol. The first-order valence-electron chi connectivity index (χ1n) is 5.90. The summed E-state index contributed by atoms with van der Waals surface area (Å²) in [7, 11) is 0. The molecule has 2 nitrogen and oxygen atoms in total. The third kappa shape index (κ3) is 2.75. The molecule has 0 aromatic carbocycles. The number of carbonyl (C=O) groups is 1. The van der Waals surface area contributed by atoms with Gasteiger partial charge in [0, 0.05) is 5.57 Å². The maximum absolute atomic E-state index is 11.6. The Kier molecular flexibility index (Phi) is 3.95. The van der Waals surface area contributed by atoms with Crippen molar-refractivity contribution in [3.63, 3.8) is 0 Å². The van der Waals surface area contributed by atoms with E-state index in [1.807, 2.05) is 13.0 Å². The summed E-state index contributed by atoms with van der Waals surface area (Å²) in [5, 5.41) is 0. The Morgan fingerprint density at radius 1 is 1.56 bits per heavy atom. The SMILES string of the molecule is C=CC1CCC(C)(OC(=O)C(=C)C)C(C)C1. The van der Waals surface area contributed by atoms with Gasteiger partial charge in [0.2, 0.25) is 0 Å². The molecule has 3 unspecified atom stereocenters. The minimum Gasteiger partial charge on any atom is -0.456 e. The first kappa shape index (κ1) is 13.0. The molecule has 1 aliphatic rings. The van der Waals surface area contributed by atoms with Crippen molar-refractivity contribution >= 4 is 5.97 Å². The van der Waals surface area contributed by atoms with E-state index in [1.54, 1.807) is 6.92 Å². The molecule has 0 saturated heterocycles. The van der Waals surface area contributed by atoms with Gasteiger partial charge in [-0.25, -0.2) is 4.79 Å². The summed E-state index contributed by atoms with van der Waals surface area (Å²) >= 11 is 0. The van der Waals surface area contributed by atoms with E-state index in [-0.39, 0.29) is 11.6 Å². The van der Waals surface area contributed by atoms with Crippen molar-refractivity contribution in [2.75, 3.05) is 0 Å².